The summed E-state index contributed by atoms with van der Waals surface area (Å²) in [6, 6.07) is 37.8. The van der Waals surface area contributed by atoms with Gasteiger partial charge < -0.3 is 10.2 Å². The van der Waals surface area contributed by atoms with Crippen molar-refractivity contribution >= 4 is 44.7 Å². The van der Waals surface area contributed by atoms with Gasteiger partial charge in [-0.25, -0.2) is 0 Å². The number of phenolic OH excluding ortho intramolecular Hbond substituents is 2. The summed E-state index contributed by atoms with van der Waals surface area (Å²) in [6.07, 6.45) is 4.16. The minimum absolute atomic E-state index is 0.166. The largest absolute Gasteiger partial charge is 0.507 e. The van der Waals surface area contributed by atoms with Crippen LogP contribution in [0.15, 0.2) is 125 Å². The smallest absolute Gasteiger partial charge is 0.132 e. The quantitative estimate of drug-likeness (QED) is 0.217. The molecule has 0 heterocycles. The van der Waals surface area contributed by atoms with E-state index in [2.05, 4.69) is 36.4 Å². The fourth-order valence-corrected chi connectivity index (χ4v) is 5.10. The average molecular weight is 509 g/mol. The summed E-state index contributed by atoms with van der Waals surface area (Å²) in [6.45, 7) is 0.431. The van der Waals surface area contributed by atoms with Crippen molar-refractivity contribution in [1.29, 1.82) is 0 Å². The zero-order chi connectivity index (χ0) is 26.6. The fraction of sp³-hybridized carbons (Fsp3) is 0.0857. The van der Waals surface area contributed by atoms with Crippen molar-refractivity contribution in [2.24, 2.45) is 9.98 Å². The first-order valence-electron chi connectivity index (χ1n) is 13.1. The van der Waals surface area contributed by atoms with Crippen molar-refractivity contribution in [2.45, 2.75) is 12.5 Å². The molecule has 0 aromatic heterocycles. The molecule has 1 unspecified atom stereocenters. The number of hydrogen-bond acceptors (Lipinski definition) is 4. The summed E-state index contributed by atoms with van der Waals surface area (Å²) in [7, 11) is 0. The molecule has 6 aromatic carbocycles. The van der Waals surface area contributed by atoms with E-state index in [1.165, 1.54) is 16.3 Å². The molecule has 0 saturated carbocycles. The Bertz CT molecular complexity index is 1850. The van der Waals surface area contributed by atoms with Gasteiger partial charge in [-0.3, -0.25) is 9.98 Å². The Balaban J connectivity index is 1.32. The van der Waals surface area contributed by atoms with Crippen LogP contribution in [0.4, 0.5) is 0 Å². The minimum Gasteiger partial charge on any atom is -0.507 e. The van der Waals surface area contributed by atoms with Gasteiger partial charge in [0, 0.05) is 34.3 Å². The Morgan fingerprint density at radius 3 is 1.69 bits per heavy atom. The zero-order valence-corrected chi connectivity index (χ0v) is 21.4. The van der Waals surface area contributed by atoms with E-state index in [0.717, 1.165) is 21.5 Å². The Kier molecular flexibility index (Phi) is 6.75. The summed E-state index contributed by atoms with van der Waals surface area (Å²) in [5.74, 6) is 0.456. The van der Waals surface area contributed by atoms with E-state index in [1.807, 2.05) is 78.9 Å². The molecule has 6 aromatic rings. The van der Waals surface area contributed by atoms with E-state index < -0.39 is 0 Å². The third-order valence-electron chi connectivity index (χ3n) is 7.17. The van der Waals surface area contributed by atoms with Gasteiger partial charge in [-0.2, -0.15) is 0 Å². The highest BCUT2D eigenvalue weighted by Gasteiger charge is 2.12. The Hall–Kier alpha value is -4.96. The van der Waals surface area contributed by atoms with Gasteiger partial charge >= 0.3 is 0 Å². The number of phenols is 2. The third kappa shape index (κ3) is 5.10. The number of aromatic hydroxyl groups is 2. The van der Waals surface area contributed by atoms with E-state index in [1.54, 1.807) is 12.4 Å². The third-order valence-corrected chi connectivity index (χ3v) is 7.17. The molecule has 0 radical (unpaired) electrons. The molecule has 4 nitrogen and oxygen atoms in total. The van der Waals surface area contributed by atoms with Crippen LogP contribution >= 0.6 is 0 Å². The molecule has 0 bridgehead atoms. The van der Waals surface area contributed by atoms with Crippen LogP contribution in [0.5, 0.6) is 11.5 Å². The van der Waals surface area contributed by atoms with E-state index >= 15 is 0 Å². The predicted molar refractivity (Wildman–Crippen MR) is 163 cm³/mol. The lowest BCUT2D eigenvalue weighted by atomic mass is 9.99. The maximum atomic E-state index is 10.9. The van der Waals surface area contributed by atoms with Gasteiger partial charge in [0.05, 0.1) is 12.6 Å². The molecule has 2 N–H and O–H groups in total. The second kappa shape index (κ2) is 10.8. The van der Waals surface area contributed by atoms with Crippen LogP contribution in [0.25, 0.3) is 32.3 Å². The molecule has 4 heteroatoms. The van der Waals surface area contributed by atoms with Crippen LogP contribution in [0, 0.1) is 0 Å². The molecular formula is C35H28N2O2. The first kappa shape index (κ1) is 24.4. The van der Waals surface area contributed by atoms with E-state index in [9.17, 15) is 10.2 Å². The van der Waals surface area contributed by atoms with Crippen LogP contribution in [0.1, 0.15) is 16.7 Å². The molecule has 0 spiro atoms. The maximum absolute atomic E-state index is 10.9. The fourth-order valence-electron chi connectivity index (χ4n) is 5.10. The van der Waals surface area contributed by atoms with Crippen LogP contribution in [-0.4, -0.2) is 35.2 Å². The molecule has 1 atom stereocenters. The number of aliphatic imine (C=N–C) groups is 2. The van der Waals surface area contributed by atoms with Crippen LogP contribution in [0.3, 0.4) is 0 Å². The van der Waals surface area contributed by atoms with Gasteiger partial charge in [0.25, 0.3) is 0 Å². The lowest BCUT2D eigenvalue weighted by Gasteiger charge is -2.13. The summed E-state index contributed by atoms with van der Waals surface area (Å²) in [5, 5.41) is 27.6. The molecule has 190 valence electrons. The second-order valence-electron chi connectivity index (χ2n) is 9.72. The van der Waals surface area contributed by atoms with Crippen LogP contribution in [-0.2, 0) is 6.42 Å². The van der Waals surface area contributed by atoms with Crippen molar-refractivity contribution in [2.75, 3.05) is 6.54 Å². The molecule has 0 aliphatic heterocycles. The van der Waals surface area contributed by atoms with Gasteiger partial charge in [0.2, 0.25) is 0 Å². The zero-order valence-electron chi connectivity index (χ0n) is 21.4. The number of nitrogens with zero attached hydrogens (tertiary/aromatic N) is 2. The van der Waals surface area contributed by atoms with Crippen molar-refractivity contribution < 1.29 is 10.2 Å². The average Bonchev–Trinajstić information content (AvgIpc) is 2.98. The van der Waals surface area contributed by atoms with Crippen LogP contribution < -0.4 is 0 Å². The van der Waals surface area contributed by atoms with Gasteiger partial charge in [-0.15, -0.1) is 0 Å². The molecule has 39 heavy (non-hydrogen) atoms. The number of hydrogen-bond donors (Lipinski definition) is 2. The van der Waals surface area contributed by atoms with E-state index in [-0.39, 0.29) is 17.5 Å². The predicted octanol–water partition coefficient (Wildman–Crippen LogP) is 7.71. The standard InChI is InChI=1S/C35H28N2O2/c38-34-28(18-16-25-9-2-5-14-32(25)34)21-36-23-30(20-27-12-7-11-24-8-1-4-13-31(24)27)37-22-29-19-17-26-10-3-6-15-33(26)35(29)39/h1-19,21-22,30,38-39H,20,23H2. The van der Waals surface area contributed by atoms with Crippen molar-refractivity contribution in [3.8, 4) is 11.5 Å². The lowest BCUT2D eigenvalue weighted by Crippen LogP contribution is -2.14. The molecular weight excluding hydrogens is 480 g/mol. The highest BCUT2D eigenvalue weighted by atomic mass is 16.3. The molecule has 0 aliphatic rings. The summed E-state index contributed by atoms with van der Waals surface area (Å²) < 4.78 is 0. The second-order valence-corrected chi connectivity index (χ2v) is 9.72. The monoisotopic (exact) mass is 508 g/mol. The number of fused-ring (bicyclic) bond motifs is 3. The first-order valence-corrected chi connectivity index (χ1v) is 13.1. The molecule has 0 aliphatic carbocycles. The maximum Gasteiger partial charge on any atom is 0.132 e. The number of benzene rings is 6. The van der Waals surface area contributed by atoms with Crippen molar-refractivity contribution in [3.05, 3.63) is 132 Å². The summed E-state index contributed by atoms with van der Waals surface area (Å²) >= 11 is 0. The topological polar surface area (TPSA) is 65.2 Å². The lowest BCUT2D eigenvalue weighted by molar-refractivity contribution is 0.480. The van der Waals surface area contributed by atoms with E-state index in [4.69, 9.17) is 9.98 Å². The first-order chi connectivity index (χ1) is 19.2. The molecule has 0 fully saturated rings. The van der Waals surface area contributed by atoms with Gasteiger partial charge in [-0.05, 0) is 45.7 Å². The molecule has 0 amide bonds. The highest BCUT2D eigenvalue weighted by Crippen LogP contribution is 2.29. The summed E-state index contributed by atoms with van der Waals surface area (Å²) in [5.41, 5.74) is 2.54. The van der Waals surface area contributed by atoms with Gasteiger partial charge in [0.1, 0.15) is 11.5 Å². The minimum atomic E-state index is -0.166. The Morgan fingerprint density at radius 2 is 1.05 bits per heavy atom. The van der Waals surface area contributed by atoms with Crippen LogP contribution in [0.2, 0.25) is 0 Å². The van der Waals surface area contributed by atoms with E-state index in [0.29, 0.717) is 24.1 Å². The number of rotatable bonds is 7. The van der Waals surface area contributed by atoms with Gasteiger partial charge in [-0.1, -0.05) is 103 Å². The van der Waals surface area contributed by atoms with Crippen molar-refractivity contribution in [3.63, 3.8) is 0 Å². The summed E-state index contributed by atoms with van der Waals surface area (Å²) in [4.78, 5) is 9.62. The van der Waals surface area contributed by atoms with Gasteiger partial charge in [0.15, 0.2) is 0 Å². The Labute approximate surface area is 227 Å². The molecule has 6 rings (SSSR count). The normalized spacial score (nSPS) is 12.7. The SMILES string of the molecule is Oc1c(C=NCC(Cc2cccc3ccccc23)N=Cc2ccc3ccccc3c2O)ccc2ccccc12. The Morgan fingerprint density at radius 1 is 0.538 bits per heavy atom. The van der Waals surface area contributed by atoms with Crippen molar-refractivity contribution in [1.82, 2.24) is 0 Å². The molecule has 0 saturated heterocycles. The highest BCUT2D eigenvalue weighted by molar-refractivity contribution is 5.98.